The van der Waals surface area contributed by atoms with Gasteiger partial charge in [0.2, 0.25) is 5.91 Å². The van der Waals surface area contributed by atoms with Crippen molar-refractivity contribution in [3.8, 4) is 11.4 Å². The Labute approximate surface area is 187 Å². The molecule has 0 saturated heterocycles. The Bertz CT molecular complexity index is 1390. The second-order valence-corrected chi connectivity index (χ2v) is 8.18. The smallest absolute Gasteiger partial charge is 0.234 e. The minimum Gasteiger partial charge on any atom is -0.325 e. The van der Waals surface area contributed by atoms with E-state index in [-0.39, 0.29) is 11.7 Å². The third-order valence-corrected chi connectivity index (χ3v) is 5.89. The van der Waals surface area contributed by atoms with Gasteiger partial charge in [0.15, 0.2) is 10.8 Å². The Morgan fingerprint density at radius 3 is 2.48 bits per heavy atom. The monoisotopic (exact) mass is 445 g/mol. The number of halogens is 1. The fraction of sp³-hybridized carbons (Fsp3) is 0.0435. The van der Waals surface area contributed by atoms with Crippen LogP contribution in [0.5, 0.6) is 0 Å². The van der Waals surface area contributed by atoms with Crippen LogP contribution in [0.25, 0.3) is 27.9 Å². The number of nitrogens with one attached hydrogen (secondary N) is 1. The van der Waals surface area contributed by atoms with Gasteiger partial charge in [0, 0.05) is 21.7 Å². The molecule has 0 saturated carbocycles. The van der Waals surface area contributed by atoms with E-state index in [1.54, 1.807) is 24.3 Å². The summed E-state index contributed by atoms with van der Waals surface area (Å²) < 4.78 is 1.91. The molecule has 0 spiro atoms. The highest BCUT2D eigenvalue weighted by molar-refractivity contribution is 7.99. The van der Waals surface area contributed by atoms with E-state index in [0.717, 1.165) is 22.3 Å². The molecule has 152 valence electrons. The summed E-state index contributed by atoms with van der Waals surface area (Å²) in [6.07, 6.45) is 0. The maximum Gasteiger partial charge on any atom is 0.234 e. The quantitative estimate of drug-likeness (QED) is 0.370. The van der Waals surface area contributed by atoms with Gasteiger partial charge >= 0.3 is 0 Å². The fourth-order valence-corrected chi connectivity index (χ4v) is 4.15. The summed E-state index contributed by atoms with van der Waals surface area (Å²) in [5.41, 5.74) is 3.20. The number of benzene rings is 3. The zero-order valence-electron chi connectivity index (χ0n) is 16.2. The lowest BCUT2D eigenvalue weighted by molar-refractivity contribution is -0.113. The lowest BCUT2D eigenvalue weighted by atomic mass is 10.2. The highest BCUT2D eigenvalue weighted by Gasteiger charge is 2.17. The summed E-state index contributed by atoms with van der Waals surface area (Å²) in [7, 11) is 0. The van der Waals surface area contributed by atoms with Crippen LogP contribution >= 0.6 is 23.4 Å². The van der Waals surface area contributed by atoms with Crippen molar-refractivity contribution in [2.75, 3.05) is 11.1 Å². The van der Waals surface area contributed by atoms with Gasteiger partial charge in [-0.3, -0.25) is 9.20 Å². The zero-order valence-corrected chi connectivity index (χ0v) is 17.8. The molecule has 5 aromatic rings. The van der Waals surface area contributed by atoms with Crippen LogP contribution in [0, 0.1) is 0 Å². The highest BCUT2D eigenvalue weighted by Crippen LogP contribution is 2.29. The molecule has 1 amide bonds. The van der Waals surface area contributed by atoms with Crippen LogP contribution < -0.4 is 5.32 Å². The van der Waals surface area contributed by atoms with E-state index in [9.17, 15) is 4.79 Å². The molecule has 3 aromatic carbocycles. The summed E-state index contributed by atoms with van der Waals surface area (Å²) >= 11 is 7.21. The number of anilines is 1. The van der Waals surface area contributed by atoms with Gasteiger partial charge in [0.1, 0.15) is 5.82 Å². The van der Waals surface area contributed by atoms with Gasteiger partial charge < -0.3 is 5.32 Å². The van der Waals surface area contributed by atoms with Crippen molar-refractivity contribution < 1.29 is 4.79 Å². The number of hydrogen-bond acceptors (Lipinski definition) is 5. The Kier molecular flexibility index (Phi) is 5.28. The number of thioether (sulfide) groups is 1. The summed E-state index contributed by atoms with van der Waals surface area (Å²) in [6, 6.07) is 24.7. The van der Waals surface area contributed by atoms with Gasteiger partial charge in [-0.2, -0.15) is 0 Å². The Morgan fingerprint density at radius 1 is 0.935 bits per heavy atom. The Balaban J connectivity index is 1.50. The third-order valence-electron chi connectivity index (χ3n) is 4.71. The number of para-hydroxylation sites is 1. The first-order valence-electron chi connectivity index (χ1n) is 9.56. The number of carbonyl (C=O) groups is 1. The van der Waals surface area contributed by atoms with Crippen molar-refractivity contribution in [1.29, 1.82) is 0 Å². The SMILES string of the molecule is O=C(CSc1nnc2c3ccccc3nc(-c3ccccc3)n12)Nc1ccc(Cl)cc1. The van der Waals surface area contributed by atoms with Crippen LogP contribution in [-0.4, -0.2) is 31.2 Å². The third kappa shape index (κ3) is 3.97. The number of nitrogens with zero attached hydrogens (tertiary/aromatic N) is 4. The van der Waals surface area contributed by atoms with Crippen molar-refractivity contribution in [3.63, 3.8) is 0 Å². The van der Waals surface area contributed by atoms with E-state index < -0.39 is 0 Å². The zero-order chi connectivity index (χ0) is 21.2. The molecule has 8 heteroatoms. The van der Waals surface area contributed by atoms with Crippen LogP contribution in [0.1, 0.15) is 0 Å². The van der Waals surface area contributed by atoms with Gasteiger partial charge in [-0.15, -0.1) is 10.2 Å². The molecule has 0 aliphatic heterocycles. The number of amides is 1. The van der Waals surface area contributed by atoms with Gasteiger partial charge in [-0.25, -0.2) is 4.98 Å². The van der Waals surface area contributed by atoms with Crippen LogP contribution in [0.3, 0.4) is 0 Å². The fourth-order valence-electron chi connectivity index (χ4n) is 3.29. The van der Waals surface area contributed by atoms with E-state index in [1.165, 1.54) is 11.8 Å². The lowest BCUT2D eigenvalue weighted by Crippen LogP contribution is -2.14. The molecule has 0 fully saturated rings. The number of hydrogen-bond donors (Lipinski definition) is 1. The summed E-state index contributed by atoms with van der Waals surface area (Å²) in [4.78, 5) is 17.3. The minimum absolute atomic E-state index is 0.140. The summed E-state index contributed by atoms with van der Waals surface area (Å²) in [5, 5.41) is 13.8. The maximum atomic E-state index is 12.5. The molecule has 0 bridgehead atoms. The number of rotatable bonds is 5. The topological polar surface area (TPSA) is 72.2 Å². The minimum atomic E-state index is -0.140. The molecule has 1 N–H and O–H groups in total. The highest BCUT2D eigenvalue weighted by atomic mass is 35.5. The van der Waals surface area contributed by atoms with Crippen molar-refractivity contribution in [2.45, 2.75) is 5.16 Å². The molecular formula is C23H16ClN5OS. The normalized spacial score (nSPS) is 11.1. The van der Waals surface area contributed by atoms with Gasteiger partial charge in [-0.1, -0.05) is 65.8 Å². The van der Waals surface area contributed by atoms with E-state index >= 15 is 0 Å². The first-order chi connectivity index (χ1) is 15.2. The predicted octanol–water partition coefficient (Wildman–Crippen LogP) is 5.33. The Morgan fingerprint density at radius 2 is 1.68 bits per heavy atom. The molecule has 0 atom stereocenters. The second kappa shape index (κ2) is 8.37. The molecule has 5 rings (SSSR count). The molecule has 31 heavy (non-hydrogen) atoms. The van der Waals surface area contributed by atoms with Gasteiger partial charge in [0.05, 0.1) is 11.3 Å². The average Bonchev–Trinajstić information content (AvgIpc) is 3.24. The van der Waals surface area contributed by atoms with E-state index in [4.69, 9.17) is 16.6 Å². The van der Waals surface area contributed by atoms with Crippen LogP contribution in [0.15, 0.2) is 84.0 Å². The molecule has 0 unspecified atom stereocenters. The maximum absolute atomic E-state index is 12.5. The summed E-state index contributed by atoms with van der Waals surface area (Å²) in [5.74, 6) is 0.781. The van der Waals surface area contributed by atoms with Crippen molar-refractivity contribution >= 4 is 51.5 Å². The number of fused-ring (bicyclic) bond motifs is 3. The second-order valence-electron chi connectivity index (χ2n) is 6.80. The molecular weight excluding hydrogens is 430 g/mol. The molecule has 2 aromatic heterocycles. The first kappa shape index (κ1) is 19.5. The molecule has 2 heterocycles. The standard InChI is InChI=1S/C23H16ClN5OS/c24-16-10-12-17(13-11-16)25-20(30)14-31-23-28-27-22-18-8-4-5-9-19(18)26-21(29(22)23)15-6-2-1-3-7-15/h1-13H,14H2,(H,25,30). The molecule has 0 aliphatic rings. The van der Waals surface area contributed by atoms with Crippen molar-refractivity contribution in [3.05, 3.63) is 83.9 Å². The van der Waals surface area contributed by atoms with Crippen molar-refractivity contribution in [2.24, 2.45) is 0 Å². The molecule has 0 aliphatic carbocycles. The predicted molar refractivity (Wildman–Crippen MR) is 125 cm³/mol. The van der Waals surface area contributed by atoms with E-state index in [0.29, 0.717) is 21.5 Å². The Hall–Kier alpha value is -3.42. The van der Waals surface area contributed by atoms with Gasteiger partial charge in [0.25, 0.3) is 0 Å². The van der Waals surface area contributed by atoms with Crippen molar-refractivity contribution in [1.82, 2.24) is 19.6 Å². The first-order valence-corrected chi connectivity index (χ1v) is 10.9. The van der Waals surface area contributed by atoms with Crippen LogP contribution in [0.4, 0.5) is 5.69 Å². The average molecular weight is 446 g/mol. The largest absolute Gasteiger partial charge is 0.325 e. The van der Waals surface area contributed by atoms with E-state index in [2.05, 4.69) is 15.5 Å². The van der Waals surface area contributed by atoms with E-state index in [1.807, 2.05) is 59.0 Å². The molecule has 6 nitrogen and oxygen atoms in total. The lowest BCUT2D eigenvalue weighted by Gasteiger charge is -2.09. The van der Waals surface area contributed by atoms with Crippen LogP contribution in [-0.2, 0) is 4.79 Å². The molecule has 0 radical (unpaired) electrons. The van der Waals surface area contributed by atoms with Gasteiger partial charge in [-0.05, 0) is 36.4 Å². The summed E-state index contributed by atoms with van der Waals surface area (Å²) in [6.45, 7) is 0. The number of aromatic nitrogens is 4. The van der Waals surface area contributed by atoms with Crippen LogP contribution in [0.2, 0.25) is 5.02 Å². The number of carbonyl (C=O) groups excluding carboxylic acids is 1.